The van der Waals surface area contributed by atoms with Gasteiger partial charge in [0.05, 0.1) is 0 Å². The van der Waals surface area contributed by atoms with Gasteiger partial charge in [0.15, 0.2) is 5.69 Å². The third-order valence-electron chi connectivity index (χ3n) is 1.68. The molecular weight excluding hydrogens is 182 g/mol. The smallest absolute Gasteiger partial charge is 0.270 e. The molecule has 0 spiro atoms. The molecule has 0 bridgehead atoms. The average Bonchev–Trinajstić information content (AvgIpc) is 2.68. The lowest BCUT2D eigenvalue weighted by molar-refractivity contribution is 0.0995. The van der Waals surface area contributed by atoms with Crippen molar-refractivity contribution in [2.75, 3.05) is 0 Å². The van der Waals surface area contributed by atoms with Crippen LogP contribution in [0.4, 0.5) is 0 Å². The van der Waals surface area contributed by atoms with Crippen LogP contribution in [0.5, 0.6) is 0 Å². The van der Waals surface area contributed by atoms with E-state index in [1.54, 1.807) is 24.5 Å². The maximum absolute atomic E-state index is 10.7. The highest BCUT2D eigenvalue weighted by Crippen LogP contribution is 2.16. The van der Waals surface area contributed by atoms with Gasteiger partial charge in [0.2, 0.25) is 5.89 Å². The first-order valence-corrected chi connectivity index (χ1v) is 3.93. The van der Waals surface area contributed by atoms with E-state index < -0.39 is 5.91 Å². The zero-order valence-electron chi connectivity index (χ0n) is 7.18. The van der Waals surface area contributed by atoms with E-state index in [2.05, 4.69) is 9.97 Å². The summed E-state index contributed by atoms with van der Waals surface area (Å²) in [6, 6.07) is 3.47. The van der Waals surface area contributed by atoms with Gasteiger partial charge in [0.1, 0.15) is 6.26 Å². The molecule has 2 heterocycles. The highest BCUT2D eigenvalue weighted by molar-refractivity contribution is 5.90. The largest absolute Gasteiger partial charge is 0.444 e. The van der Waals surface area contributed by atoms with E-state index in [1.807, 2.05) is 0 Å². The van der Waals surface area contributed by atoms with Crippen LogP contribution in [-0.2, 0) is 0 Å². The molecule has 0 aliphatic carbocycles. The van der Waals surface area contributed by atoms with Crippen LogP contribution in [0.1, 0.15) is 10.5 Å². The summed E-state index contributed by atoms with van der Waals surface area (Å²) in [5.74, 6) is -0.241. The normalized spacial score (nSPS) is 10.0. The molecule has 0 radical (unpaired) electrons. The molecule has 0 aliphatic rings. The van der Waals surface area contributed by atoms with Gasteiger partial charge >= 0.3 is 0 Å². The first-order valence-electron chi connectivity index (χ1n) is 3.93. The van der Waals surface area contributed by atoms with E-state index in [-0.39, 0.29) is 5.69 Å². The third-order valence-corrected chi connectivity index (χ3v) is 1.68. The van der Waals surface area contributed by atoms with E-state index in [1.165, 1.54) is 6.26 Å². The van der Waals surface area contributed by atoms with E-state index in [9.17, 15) is 4.79 Å². The lowest BCUT2D eigenvalue weighted by Crippen LogP contribution is -2.10. The van der Waals surface area contributed by atoms with Crippen molar-refractivity contribution in [3.63, 3.8) is 0 Å². The molecule has 2 aromatic rings. The Morgan fingerprint density at radius 1 is 1.36 bits per heavy atom. The maximum atomic E-state index is 10.7. The number of aromatic nitrogens is 2. The summed E-state index contributed by atoms with van der Waals surface area (Å²) in [6.45, 7) is 0. The zero-order chi connectivity index (χ0) is 9.97. The van der Waals surface area contributed by atoms with Gasteiger partial charge in [-0.25, -0.2) is 4.98 Å². The van der Waals surface area contributed by atoms with Crippen LogP contribution < -0.4 is 5.73 Å². The number of rotatable bonds is 2. The maximum Gasteiger partial charge on any atom is 0.270 e. The second kappa shape index (κ2) is 3.29. The summed E-state index contributed by atoms with van der Waals surface area (Å²) < 4.78 is 5.07. The highest BCUT2D eigenvalue weighted by Gasteiger charge is 2.09. The molecule has 0 saturated carbocycles. The van der Waals surface area contributed by atoms with Crippen LogP contribution in [0.2, 0.25) is 0 Å². The van der Waals surface area contributed by atoms with Crippen LogP contribution in [0.25, 0.3) is 11.5 Å². The van der Waals surface area contributed by atoms with Crippen molar-refractivity contribution in [2.45, 2.75) is 0 Å². The predicted octanol–water partition coefficient (Wildman–Crippen LogP) is 0.835. The molecule has 70 valence electrons. The highest BCUT2D eigenvalue weighted by atomic mass is 16.3. The predicted molar refractivity (Wildman–Crippen MR) is 48.3 cm³/mol. The summed E-state index contributed by atoms with van der Waals surface area (Å²) >= 11 is 0. The van der Waals surface area contributed by atoms with E-state index >= 15 is 0 Å². The SMILES string of the molecule is NC(=O)c1coc(-c2ccncc2)n1. The van der Waals surface area contributed by atoms with Crippen LogP contribution in [0.15, 0.2) is 35.2 Å². The Kier molecular flexibility index (Phi) is 1.98. The molecule has 1 amide bonds. The van der Waals surface area contributed by atoms with Gasteiger partial charge in [-0.1, -0.05) is 0 Å². The monoisotopic (exact) mass is 189 g/mol. The van der Waals surface area contributed by atoms with Gasteiger partial charge in [0, 0.05) is 18.0 Å². The van der Waals surface area contributed by atoms with Gasteiger partial charge in [0.25, 0.3) is 5.91 Å². The Balaban J connectivity index is 2.39. The van der Waals surface area contributed by atoms with E-state index in [0.717, 1.165) is 5.56 Å². The Labute approximate surface area is 79.6 Å². The molecule has 0 fully saturated rings. The van der Waals surface area contributed by atoms with Crippen molar-refractivity contribution < 1.29 is 9.21 Å². The Hall–Kier alpha value is -2.17. The van der Waals surface area contributed by atoms with Crippen molar-refractivity contribution in [3.05, 3.63) is 36.5 Å². The molecule has 2 rings (SSSR count). The third kappa shape index (κ3) is 1.47. The molecule has 5 heteroatoms. The van der Waals surface area contributed by atoms with Crippen LogP contribution in [0, 0.1) is 0 Å². The first kappa shape index (κ1) is 8.43. The minimum atomic E-state index is -0.603. The Bertz CT molecular complexity index is 450. The number of nitrogens with two attached hydrogens (primary N) is 1. The number of oxazole rings is 1. The standard InChI is InChI=1S/C9H7N3O2/c10-8(13)7-5-14-9(12-7)6-1-3-11-4-2-6/h1-5H,(H2,10,13). The average molecular weight is 189 g/mol. The topological polar surface area (TPSA) is 82.0 Å². The molecule has 2 aromatic heterocycles. The molecule has 0 aliphatic heterocycles. The van der Waals surface area contributed by atoms with E-state index in [4.69, 9.17) is 10.2 Å². The number of amides is 1. The second-order valence-electron chi connectivity index (χ2n) is 2.64. The first-order chi connectivity index (χ1) is 6.77. The molecular formula is C9H7N3O2. The Morgan fingerprint density at radius 3 is 2.64 bits per heavy atom. The zero-order valence-corrected chi connectivity index (χ0v) is 7.18. The number of primary amides is 1. The van der Waals surface area contributed by atoms with E-state index in [0.29, 0.717) is 5.89 Å². The van der Waals surface area contributed by atoms with Gasteiger partial charge < -0.3 is 10.2 Å². The van der Waals surface area contributed by atoms with Crippen LogP contribution in [0.3, 0.4) is 0 Å². The minimum Gasteiger partial charge on any atom is -0.444 e. The van der Waals surface area contributed by atoms with Crippen molar-refractivity contribution in [2.24, 2.45) is 5.73 Å². The molecule has 0 saturated heterocycles. The lowest BCUT2D eigenvalue weighted by Gasteiger charge is -1.91. The lowest BCUT2D eigenvalue weighted by atomic mass is 10.3. The van der Waals surface area contributed by atoms with Crippen molar-refractivity contribution in [3.8, 4) is 11.5 Å². The number of hydrogen-bond donors (Lipinski definition) is 1. The summed E-state index contributed by atoms with van der Waals surface area (Å²) in [4.78, 5) is 18.5. The minimum absolute atomic E-state index is 0.122. The number of pyridine rings is 1. The summed E-state index contributed by atoms with van der Waals surface area (Å²) in [5.41, 5.74) is 5.91. The van der Waals surface area contributed by atoms with Crippen LogP contribution >= 0.6 is 0 Å². The second-order valence-corrected chi connectivity index (χ2v) is 2.64. The van der Waals surface area contributed by atoms with Gasteiger partial charge in [-0.15, -0.1) is 0 Å². The molecule has 0 aromatic carbocycles. The summed E-state index contributed by atoms with van der Waals surface area (Å²) in [7, 11) is 0. The van der Waals surface area contributed by atoms with Gasteiger partial charge in [-0.05, 0) is 12.1 Å². The molecule has 14 heavy (non-hydrogen) atoms. The molecule has 0 atom stereocenters. The summed E-state index contributed by atoms with van der Waals surface area (Å²) in [6.07, 6.45) is 4.46. The fourth-order valence-corrected chi connectivity index (χ4v) is 1.01. The molecule has 0 unspecified atom stereocenters. The number of nitrogens with zero attached hydrogens (tertiary/aromatic N) is 2. The number of hydrogen-bond acceptors (Lipinski definition) is 4. The molecule has 5 nitrogen and oxygen atoms in total. The van der Waals surface area contributed by atoms with Gasteiger partial charge in [-0.2, -0.15) is 0 Å². The van der Waals surface area contributed by atoms with Crippen molar-refractivity contribution in [1.82, 2.24) is 9.97 Å². The quantitative estimate of drug-likeness (QED) is 0.758. The van der Waals surface area contributed by atoms with Crippen molar-refractivity contribution >= 4 is 5.91 Å². The fraction of sp³-hybridized carbons (Fsp3) is 0. The summed E-state index contributed by atoms with van der Waals surface area (Å²) in [5, 5.41) is 0. The van der Waals surface area contributed by atoms with Crippen LogP contribution in [-0.4, -0.2) is 15.9 Å². The van der Waals surface area contributed by atoms with Crippen molar-refractivity contribution in [1.29, 1.82) is 0 Å². The van der Waals surface area contributed by atoms with Gasteiger partial charge in [-0.3, -0.25) is 9.78 Å². The molecule has 2 N–H and O–H groups in total. The Morgan fingerprint density at radius 2 is 2.07 bits per heavy atom. The fourth-order valence-electron chi connectivity index (χ4n) is 1.01. The number of carbonyl (C=O) groups excluding carboxylic acids is 1. The number of carbonyl (C=O) groups is 1.